The molecule has 7 nitrogen and oxygen atoms in total. The Morgan fingerprint density at radius 1 is 1.25 bits per heavy atom. The largest absolute Gasteiger partial charge is 0.317 e. The third-order valence-corrected chi connectivity index (χ3v) is 4.22. The number of nitrogens with one attached hydrogen (secondary N) is 3. The minimum atomic E-state index is -0.593. The van der Waals surface area contributed by atoms with Gasteiger partial charge >= 0.3 is 0 Å². The quantitative estimate of drug-likeness (QED) is 0.636. The first kappa shape index (κ1) is 13.4. The molecule has 0 aromatic carbocycles. The lowest BCUT2D eigenvalue weighted by atomic mass is 9.84. The number of amides is 2. The molecule has 3 aliphatic rings. The molecule has 0 bridgehead atoms. The van der Waals surface area contributed by atoms with Crippen LogP contribution in [0.2, 0.25) is 0 Å². The van der Waals surface area contributed by atoms with Crippen molar-refractivity contribution in [2.45, 2.75) is 37.4 Å². The van der Waals surface area contributed by atoms with Crippen molar-refractivity contribution in [2.24, 2.45) is 16.1 Å². The zero-order valence-electron chi connectivity index (χ0n) is 11.3. The molecule has 7 heteroatoms. The number of imide groups is 1. The first-order chi connectivity index (χ1) is 9.70. The van der Waals surface area contributed by atoms with E-state index in [0.29, 0.717) is 18.8 Å². The van der Waals surface area contributed by atoms with Crippen LogP contribution in [0.5, 0.6) is 0 Å². The highest BCUT2D eigenvalue weighted by Gasteiger charge is 2.43. The average molecular weight is 277 g/mol. The van der Waals surface area contributed by atoms with E-state index in [-0.39, 0.29) is 17.9 Å². The first-order valence-corrected chi connectivity index (χ1v) is 7.11. The molecular weight excluding hydrogens is 258 g/mol. The lowest BCUT2D eigenvalue weighted by Gasteiger charge is -2.38. The van der Waals surface area contributed by atoms with E-state index in [1.165, 1.54) is 0 Å². The fourth-order valence-electron chi connectivity index (χ4n) is 3.09. The molecule has 0 saturated carbocycles. The fourth-order valence-corrected chi connectivity index (χ4v) is 3.09. The Morgan fingerprint density at radius 2 is 2.05 bits per heavy atom. The van der Waals surface area contributed by atoms with Gasteiger partial charge in [-0.2, -0.15) is 10.2 Å². The van der Waals surface area contributed by atoms with Crippen LogP contribution in [0.4, 0.5) is 0 Å². The van der Waals surface area contributed by atoms with E-state index >= 15 is 0 Å². The third-order valence-electron chi connectivity index (χ3n) is 4.22. The number of azo groups is 1. The monoisotopic (exact) mass is 277 g/mol. The van der Waals surface area contributed by atoms with Gasteiger partial charge in [-0.05, 0) is 38.4 Å². The third kappa shape index (κ3) is 2.51. The van der Waals surface area contributed by atoms with Crippen molar-refractivity contribution in [3.8, 4) is 0 Å². The molecule has 2 atom stereocenters. The van der Waals surface area contributed by atoms with E-state index in [9.17, 15) is 9.59 Å². The normalized spacial score (nSPS) is 34.5. The topological polar surface area (TPSA) is 94.9 Å². The first-order valence-electron chi connectivity index (χ1n) is 7.11. The Balaban J connectivity index is 1.74. The maximum atomic E-state index is 11.9. The molecule has 0 aromatic rings. The summed E-state index contributed by atoms with van der Waals surface area (Å²) in [7, 11) is 0. The highest BCUT2D eigenvalue weighted by Crippen LogP contribution is 2.33. The average Bonchev–Trinajstić information content (AvgIpc) is 2.93. The van der Waals surface area contributed by atoms with Crippen LogP contribution in [0.15, 0.2) is 22.5 Å². The van der Waals surface area contributed by atoms with Gasteiger partial charge < -0.3 is 5.32 Å². The van der Waals surface area contributed by atoms with Crippen molar-refractivity contribution >= 4 is 11.8 Å². The Bertz CT molecular complexity index is 455. The van der Waals surface area contributed by atoms with Crippen LogP contribution in [0.1, 0.15) is 25.7 Å². The van der Waals surface area contributed by atoms with Crippen molar-refractivity contribution in [3.63, 3.8) is 0 Å². The number of rotatable bonds is 3. The summed E-state index contributed by atoms with van der Waals surface area (Å²) in [6.45, 7) is 1.90. The van der Waals surface area contributed by atoms with E-state index in [4.69, 9.17) is 0 Å². The summed E-state index contributed by atoms with van der Waals surface area (Å²) in [5, 5.41) is 17.4. The van der Waals surface area contributed by atoms with E-state index in [1.54, 1.807) is 6.20 Å². The molecule has 2 saturated heterocycles. The maximum absolute atomic E-state index is 11.9. The van der Waals surface area contributed by atoms with Crippen LogP contribution < -0.4 is 16.0 Å². The summed E-state index contributed by atoms with van der Waals surface area (Å²) < 4.78 is 0. The smallest absolute Gasteiger partial charge is 0.243 e. The molecular formula is C13H19N5O2. The molecule has 0 aliphatic carbocycles. The van der Waals surface area contributed by atoms with E-state index in [2.05, 4.69) is 26.2 Å². The van der Waals surface area contributed by atoms with Crippen LogP contribution in [-0.2, 0) is 9.59 Å². The fraction of sp³-hybridized carbons (Fsp3) is 0.692. The number of hydrogen-bond donors (Lipinski definition) is 3. The van der Waals surface area contributed by atoms with Gasteiger partial charge in [0.05, 0.1) is 6.04 Å². The van der Waals surface area contributed by atoms with Gasteiger partial charge in [0.25, 0.3) is 0 Å². The Hall–Kier alpha value is -1.60. The van der Waals surface area contributed by atoms with Crippen LogP contribution in [-0.4, -0.2) is 36.6 Å². The Morgan fingerprint density at radius 3 is 2.70 bits per heavy atom. The summed E-state index contributed by atoms with van der Waals surface area (Å²) >= 11 is 0. The molecule has 3 rings (SSSR count). The standard InChI is InChI=1S/C13H19N5O2/c19-11-2-1-10(12(20)16-11)17-13(5-8-15-18-13)9-3-6-14-7-4-9/h5,8-10,14,17H,1-4,6-7H2,(H,16,19,20). The molecule has 2 unspecified atom stereocenters. The number of piperidine rings is 2. The van der Waals surface area contributed by atoms with E-state index in [1.807, 2.05) is 6.08 Å². The van der Waals surface area contributed by atoms with Crippen molar-refractivity contribution in [1.29, 1.82) is 0 Å². The highest BCUT2D eigenvalue weighted by molar-refractivity contribution is 6.00. The summed E-state index contributed by atoms with van der Waals surface area (Å²) in [4.78, 5) is 23.1. The van der Waals surface area contributed by atoms with Gasteiger partial charge in [0.2, 0.25) is 11.8 Å². The molecule has 0 spiro atoms. The summed E-state index contributed by atoms with van der Waals surface area (Å²) in [5.41, 5.74) is -0.593. The second kappa shape index (κ2) is 5.41. The summed E-state index contributed by atoms with van der Waals surface area (Å²) in [6, 6.07) is -0.385. The van der Waals surface area contributed by atoms with Crippen LogP contribution >= 0.6 is 0 Å². The Kier molecular flexibility index (Phi) is 3.62. The highest BCUT2D eigenvalue weighted by atomic mass is 16.2. The predicted molar refractivity (Wildman–Crippen MR) is 71.6 cm³/mol. The lowest BCUT2D eigenvalue weighted by molar-refractivity contribution is -0.135. The van der Waals surface area contributed by atoms with E-state index in [0.717, 1.165) is 25.9 Å². The number of carbonyl (C=O) groups is 2. The van der Waals surface area contributed by atoms with Gasteiger partial charge in [0.1, 0.15) is 0 Å². The van der Waals surface area contributed by atoms with Crippen LogP contribution in [0, 0.1) is 5.92 Å². The van der Waals surface area contributed by atoms with Gasteiger partial charge in [0.15, 0.2) is 5.66 Å². The van der Waals surface area contributed by atoms with Crippen LogP contribution in [0.3, 0.4) is 0 Å². The van der Waals surface area contributed by atoms with Gasteiger partial charge in [-0.3, -0.25) is 20.2 Å². The van der Waals surface area contributed by atoms with Crippen molar-refractivity contribution < 1.29 is 9.59 Å². The maximum Gasteiger partial charge on any atom is 0.243 e. The molecule has 2 fully saturated rings. The molecule has 3 heterocycles. The zero-order valence-corrected chi connectivity index (χ0v) is 11.3. The zero-order chi connectivity index (χ0) is 14.0. The number of carbonyl (C=O) groups excluding carboxylic acids is 2. The lowest BCUT2D eigenvalue weighted by Crippen LogP contribution is -2.60. The second-order valence-corrected chi connectivity index (χ2v) is 5.53. The molecule has 3 N–H and O–H groups in total. The number of nitrogens with zero attached hydrogens (tertiary/aromatic N) is 2. The minimum absolute atomic E-state index is 0.201. The van der Waals surface area contributed by atoms with Crippen molar-refractivity contribution in [1.82, 2.24) is 16.0 Å². The molecule has 20 heavy (non-hydrogen) atoms. The summed E-state index contributed by atoms with van der Waals surface area (Å²) in [5.74, 6) is -0.144. The van der Waals surface area contributed by atoms with Crippen LogP contribution in [0.25, 0.3) is 0 Å². The van der Waals surface area contributed by atoms with Gasteiger partial charge in [0, 0.05) is 18.5 Å². The minimum Gasteiger partial charge on any atom is -0.317 e. The SMILES string of the molecule is O=C1CCC(NC2(C3CCNCC3)C=CN=N2)C(=O)N1. The van der Waals surface area contributed by atoms with Gasteiger partial charge in [-0.1, -0.05) is 0 Å². The molecule has 108 valence electrons. The van der Waals surface area contributed by atoms with Gasteiger partial charge in [-0.15, -0.1) is 0 Å². The summed E-state index contributed by atoms with van der Waals surface area (Å²) in [6.07, 6.45) is 6.48. The molecule has 0 aromatic heterocycles. The van der Waals surface area contributed by atoms with Crippen molar-refractivity contribution in [3.05, 3.63) is 12.3 Å². The second-order valence-electron chi connectivity index (χ2n) is 5.53. The Labute approximate surface area is 117 Å². The molecule has 2 amide bonds. The van der Waals surface area contributed by atoms with Crippen molar-refractivity contribution in [2.75, 3.05) is 13.1 Å². The predicted octanol–water partition coefficient (Wildman–Crippen LogP) is 0.0566. The number of hydrogen-bond acceptors (Lipinski definition) is 6. The van der Waals surface area contributed by atoms with E-state index < -0.39 is 5.66 Å². The molecule has 0 radical (unpaired) electrons. The molecule has 3 aliphatic heterocycles. The van der Waals surface area contributed by atoms with Gasteiger partial charge in [-0.25, -0.2) is 0 Å².